The number of nitrogens with zero attached hydrogens (tertiary/aromatic N) is 3. The molecule has 0 radical (unpaired) electrons. The van der Waals surface area contributed by atoms with Gasteiger partial charge < -0.3 is 4.74 Å². The first kappa shape index (κ1) is 18.1. The van der Waals surface area contributed by atoms with Crippen molar-refractivity contribution in [3.8, 4) is 22.7 Å². The molecule has 3 aromatic rings. The van der Waals surface area contributed by atoms with Crippen molar-refractivity contribution in [1.82, 2.24) is 14.5 Å². The van der Waals surface area contributed by atoms with Crippen molar-refractivity contribution in [2.45, 2.75) is 6.18 Å². The number of aromatic nitrogens is 3. The van der Waals surface area contributed by atoms with Gasteiger partial charge in [-0.05, 0) is 12.1 Å². The van der Waals surface area contributed by atoms with E-state index in [0.29, 0.717) is 0 Å². The minimum absolute atomic E-state index is 0.0397. The van der Waals surface area contributed by atoms with Crippen LogP contribution in [0.2, 0.25) is 5.15 Å². The van der Waals surface area contributed by atoms with Gasteiger partial charge in [0.15, 0.2) is 5.15 Å². The Morgan fingerprint density at radius 3 is 2.23 bits per heavy atom. The van der Waals surface area contributed by atoms with Crippen LogP contribution in [0.15, 0.2) is 36.8 Å². The zero-order valence-electron chi connectivity index (χ0n) is 13.0. The molecule has 0 aliphatic carbocycles. The largest absolute Gasteiger partial charge is 0.497 e. The molecule has 0 saturated carbocycles. The van der Waals surface area contributed by atoms with Crippen LogP contribution in [0, 0.1) is 11.6 Å². The van der Waals surface area contributed by atoms with Gasteiger partial charge in [-0.1, -0.05) is 11.6 Å². The fourth-order valence-electron chi connectivity index (χ4n) is 2.34. The molecule has 136 valence electrons. The van der Waals surface area contributed by atoms with Gasteiger partial charge in [0.25, 0.3) is 0 Å². The van der Waals surface area contributed by atoms with Crippen molar-refractivity contribution in [3.05, 3.63) is 59.3 Å². The lowest BCUT2D eigenvalue weighted by molar-refractivity contribution is -0.141. The van der Waals surface area contributed by atoms with Gasteiger partial charge in [0.1, 0.15) is 29.4 Å². The number of halogens is 6. The molecule has 0 aliphatic heterocycles. The molecule has 0 saturated heterocycles. The van der Waals surface area contributed by atoms with Crippen molar-refractivity contribution >= 4 is 11.6 Å². The number of ether oxygens (including phenoxy) is 1. The Kier molecular flexibility index (Phi) is 4.57. The Hall–Kier alpha value is -2.68. The molecule has 1 aromatic carbocycles. The highest BCUT2D eigenvalue weighted by Crippen LogP contribution is 2.36. The average Bonchev–Trinajstić information content (AvgIpc) is 2.95. The summed E-state index contributed by atoms with van der Waals surface area (Å²) >= 11 is 5.95. The van der Waals surface area contributed by atoms with Gasteiger partial charge in [-0.3, -0.25) is 4.57 Å². The Bertz CT molecular complexity index is 931. The van der Waals surface area contributed by atoms with E-state index in [1.807, 2.05) is 0 Å². The van der Waals surface area contributed by atoms with Crippen LogP contribution in [-0.2, 0) is 6.18 Å². The minimum atomic E-state index is -4.61. The van der Waals surface area contributed by atoms with Gasteiger partial charge in [-0.25, -0.2) is 18.7 Å². The Labute approximate surface area is 148 Å². The van der Waals surface area contributed by atoms with Crippen LogP contribution in [0.5, 0.6) is 5.75 Å². The molecule has 0 unspecified atom stereocenters. The van der Waals surface area contributed by atoms with E-state index in [1.165, 1.54) is 7.11 Å². The van der Waals surface area contributed by atoms with Crippen molar-refractivity contribution in [1.29, 1.82) is 0 Å². The molecule has 0 spiro atoms. The number of rotatable bonds is 3. The Morgan fingerprint density at radius 2 is 1.73 bits per heavy atom. The summed E-state index contributed by atoms with van der Waals surface area (Å²) in [4.78, 5) is 7.10. The van der Waals surface area contributed by atoms with Crippen molar-refractivity contribution in [3.63, 3.8) is 0 Å². The molecule has 10 heteroatoms. The SMILES string of the molecule is COc1cc(F)c(-c2c(Cl)ncn2-c2ccc(C(F)(F)F)nc2)c(F)c1. The maximum absolute atomic E-state index is 14.4. The van der Waals surface area contributed by atoms with Crippen molar-refractivity contribution in [2.75, 3.05) is 7.11 Å². The van der Waals surface area contributed by atoms with Gasteiger partial charge in [0.2, 0.25) is 0 Å². The lowest BCUT2D eigenvalue weighted by atomic mass is 10.1. The summed E-state index contributed by atoms with van der Waals surface area (Å²) in [5.41, 5.74) is -1.66. The predicted molar refractivity (Wildman–Crippen MR) is 83.3 cm³/mol. The highest BCUT2D eigenvalue weighted by molar-refractivity contribution is 6.32. The molecule has 2 heterocycles. The maximum Gasteiger partial charge on any atom is 0.433 e. The lowest BCUT2D eigenvalue weighted by Gasteiger charge is -2.12. The average molecular weight is 390 g/mol. The van der Waals surface area contributed by atoms with Crippen LogP contribution in [0.4, 0.5) is 22.0 Å². The van der Waals surface area contributed by atoms with Crippen molar-refractivity contribution < 1.29 is 26.7 Å². The monoisotopic (exact) mass is 389 g/mol. The van der Waals surface area contributed by atoms with Gasteiger partial charge in [-0.2, -0.15) is 13.2 Å². The highest BCUT2D eigenvalue weighted by atomic mass is 35.5. The second-order valence-electron chi connectivity index (χ2n) is 5.12. The Morgan fingerprint density at radius 1 is 1.08 bits per heavy atom. The molecule has 0 bridgehead atoms. The molecule has 0 aliphatic rings. The topological polar surface area (TPSA) is 39.9 Å². The van der Waals surface area contributed by atoms with Crippen LogP contribution in [0.25, 0.3) is 16.9 Å². The molecule has 0 atom stereocenters. The van der Waals surface area contributed by atoms with Crippen molar-refractivity contribution in [2.24, 2.45) is 0 Å². The number of benzene rings is 1. The first-order valence-corrected chi connectivity index (χ1v) is 7.40. The smallest absolute Gasteiger partial charge is 0.433 e. The van der Waals surface area contributed by atoms with Gasteiger partial charge in [0, 0.05) is 12.1 Å². The summed E-state index contributed by atoms with van der Waals surface area (Å²) in [6, 6.07) is 3.75. The molecule has 0 N–H and O–H groups in total. The fraction of sp³-hybridized carbons (Fsp3) is 0.125. The van der Waals surface area contributed by atoms with E-state index in [2.05, 4.69) is 9.97 Å². The molecule has 0 amide bonds. The summed E-state index contributed by atoms with van der Waals surface area (Å²) in [5, 5.41) is -0.229. The predicted octanol–water partition coefficient (Wildman–Crippen LogP) is 4.89. The number of pyridine rings is 1. The third-order valence-electron chi connectivity index (χ3n) is 3.53. The summed E-state index contributed by atoms with van der Waals surface area (Å²) in [5.74, 6) is -1.97. The number of imidazole rings is 1. The highest BCUT2D eigenvalue weighted by Gasteiger charge is 2.32. The standard InChI is InChI=1S/C16H9ClF5N3O/c1-26-9-4-10(18)13(11(19)5-9)14-15(17)24-7-25(14)8-2-3-12(23-6-8)16(20,21)22/h2-7H,1H3. The van der Waals surface area contributed by atoms with Crippen LogP contribution in [-0.4, -0.2) is 21.6 Å². The minimum Gasteiger partial charge on any atom is -0.497 e. The lowest BCUT2D eigenvalue weighted by Crippen LogP contribution is -2.08. The van der Waals surface area contributed by atoms with Gasteiger partial charge in [0.05, 0.1) is 30.3 Å². The molecular weight excluding hydrogens is 381 g/mol. The quantitative estimate of drug-likeness (QED) is 0.599. The number of alkyl halides is 3. The van der Waals surface area contributed by atoms with E-state index in [9.17, 15) is 22.0 Å². The third kappa shape index (κ3) is 3.22. The van der Waals surface area contributed by atoms with Crippen LogP contribution >= 0.6 is 11.6 Å². The fourth-order valence-corrected chi connectivity index (χ4v) is 2.57. The third-order valence-corrected chi connectivity index (χ3v) is 3.80. The molecule has 3 rings (SSSR count). The number of hydrogen-bond donors (Lipinski definition) is 0. The molecule has 4 nitrogen and oxygen atoms in total. The van der Waals surface area contributed by atoms with Crippen LogP contribution in [0.3, 0.4) is 0 Å². The summed E-state index contributed by atoms with van der Waals surface area (Å²) in [6.07, 6.45) is -2.57. The van der Waals surface area contributed by atoms with E-state index in [1.54, 1.807) is 0 Å². The molecule has 0 fully saturated rings. The second-order valence-corrected chi connectivity index (χ2v) is 5.48. The zero-order chi connectivity index (χ0) is 19.1. The van der Waals surface area contributed by atoms with Gasteiger partial charge >= 0.3 is 6.18 Å². The van der Waals surface area contributed by atoms with E-state index in [-0.39, 0.29) is 22.3 Å². The normalized spacial score (nSPS) is 11.7. The first-order chi connectivity index (χ1) is 12.2. The van der Waals surface area contributed by atoms with Crippen LogP contribution < -0.4 is 4.74 Å². The van der Waals surface area contributed by atoms with Crippen LogP contribution in [0.1, 0.15) is 5.69 Å². The van der Waals surface area contributed by atoms with E-state index < -0.39 is 29.1 Å². The Balaban J connectivity index is 2.14. The molecular formula is C16H9ClF5N3O. The first-order valence-electron chi connectivity index (χ1n) is 7.02. The summed E-state index contributed by atoms with van der Waals surface area (Å²) in [6.45, 7) is 0. The van der Waals surface area contributed by atoms with Gasteiger partial charge in [-0.15, -0.1) is 0 Å². The van der Waals surface area contributed by atoms with E-state index in [0.717, 1.165) is 41.4 Å². The summed E-state index contributed by atoms with van der Waals surface area (Å²) < 4.78 is 72.6. The second kappa shape index (κ2) is 6.56. The zero-order valence-corrected chi connectivity index (χ0v) is 13.7. The molecule has 26 heavy (non-hydrogen) atoms. The maximum atomic E-state index is 14.4. The molecule has 2 aromatic heterocycles. The van der Waals surface area contributed by atoms with E-state index >= 15 is 0 Å². The summed E-state index contributed by atoms with van der Waals surface area (Å²) in [7, 11) is 1.25. The number of methoxy groups -OCH3 is 1. The number of hydrogen-bond acceptors (Lipinski definition) is 3. The van der Waals surface area contributed by atoms with E-state index in [4.69, 9.17) is 16.3 Å².